The molecule has 49 heavy (non-hydrogen) atoms. The average molecular weight is 661 g/mol. The fourth-order valence-electron chi connectivity index (χ4n) is 6.57. The number of carbonyl (C=O) groups excluding carboxylic acids is 3. The van der Waals surface area contributed by atoms with Crippen LogP contribution in [0.3, 0.4) is 0 Å². The van der Waals surface area contributed by atoms with Crippen LogP contribution in [0, 0.1) is 0 Å². The van der Waals surface area contributed by atoms with Crippen LogP contribution in [0.25, 0.3) is 16.5 Å². The van der Waals surface area contributed by atoms with Crippen molar-refractivity contribution in [2.24, 2.45) is 0 Å². The lowest BCUT2D eigenvalue weighted by atomic mass is 9.74. The maximum Gasteiger partial charge on any atom is 0.482 e. The van der Waals surface area contributed by atoms with Crippen molar-refractivity contribution in [3.8, 4) is 0 Å². The summed E-state index contributed by atoms with van der Waals surface area (Å²) in [5.74, 6) is -1.68. The molecule has 3 amide bonds. The number of H-pyrrole nitrogens is 1. The zero-order valence-corrected chi connectivity index (χ0v) is 29.1. The Morgan fingerprint density at radius 2 is 1.47 bits per heavy atom. The molecule has 1 fully saturated rings. The van der Waals surface area contributed by atoms with Gasteiger partial charge in [-0.25, -0.2) is 0 Å². The van der Waals surface area contributed by atoms with Crippen LogP contribution in [0.4, 0.5) is 0 Å². The van der Waals surface area contributed by atoms with Gasteiger partial charge in [0.15, 0.2) is 0 Å². The normalized spacial score (nSPS) is 18.1. The van der Waals surface area contributed by atoms with Crippen molar-refractivity contribution in [2.45, 2.75) is 90.0 Å². The minimum atomic E-state index is -0.955. The summed E-state index contributed by atoms with van der Waals surface area (Å²) in [6.07, 6.45) is 3.06. The van der Waals surface area contributed by atoms with Crippen molar-refractivity contribution in [3.63, 3.8) is 0 Å². The van der Waals surface area contributed by atoms with Crippen LogP contribution >= 0.6 is 0 Å². The Morgan fingerprint density at radius 3 is 2.18 bits per heavy atom. The maximum absolute atomic E-state index is 14.3. The predicted molar refractivity (Wildman–Crippen MR) is 192 cm³/mol. The first-order chi connectivity index (χ1) is 23.3. The molecular weight excluding hydrogens is 615 g/mol. The van der Waals surface area contributed by atoms with Gasteiger partial charge in [0.25, 0.3) is 0 Å². The lowest BCUT2D eigenvalue weighted by molar-refractivity contribution is -0.131. The van der Waals surface area contributed by atoms with Gasteiger partial charge in [0.05, 0.1) is 17.1 Å². The van der Waals surface area contributed by atoms with Crippen LogP contribution in [0.5, 0.6) is 0 Å². The molecular formula is C39H45BN4O5. The van der Waals surface area contributed by atoms with E-state index in [0.29, 0.717) is 18.4 Å². The molecule has 0 bridgehead atoms. The highest BCUT2D eigenvalue weighted by atomic mass is 16.7. The minimum absolute atomic E-state index is 0.225. The summed E-state index contributed by atoms with van der Waals surface area (Å²) in [5, 5.41) is 9.97. The summed E-state index contributed by atoms with van der Waals surface area (Å²) in [6.45, 7) is 11.5. The van der Waals surface area contributed by atoms with Crippen LogP contribution in [0.2, 0.25) is 0 Å². The molecule has 10 heteroatoms. The van der Waals surface area contributed by atoms with Gasteiger partial charge in [0, 0.05) is 35.5 Å². The fraction of sp³-hybridized carbons (Fsp3) is 0.359. The van der Waals surface area contributed by atoms with Crippen molar-refractivity contribution in [3.05, 3.63) is 113 Å². The predicted octanol–water partition coefficient (Wildman–Crippen LogP) is 5.09. The molecule has 0 spiro atoms. The van der Waals surface area contributed by atoms with Crippen molar-refractivity contribution in [2.75, 3.05) is 0 Å². The number of para-hydroxylation sites is 1. The first-order valence-electron chi connectivity index (χ1n) is 17.0. The number of carbonyl (C=O) groups is 3. The second-order valence-electron chi connectivity index (χ2n) is 14.2. The topological polar surface area (TPSA) is 122 Å². The molecule has 2 aliphatic rings. The second-order valence-corrected chi connectivity index (χ2v) is 14.2. The molecule has 1 aliphatic carbocycles. The summed E-state index contributed by atoms with van der Waals surface area (Å²) in [4.78, 5) is 44.7. The molecule has 9 nitrogen and oxygen atoms in total. The second kappa shape index (κ2) is 13.7. The third-order valence-electron chi connectivity index (χ3n) is 10.2. The van der Waals surface area contributed by atoms with Gasteiger partial charge in [-0.15, -0.1) is 0 Å². The van der Waals surface area contributed by atoms with E-state index in [9.17, 15) is 14.4 Å². The first kappa shape index (κ1) is 34.2. The summed E-state index contributed by atoms with van der Waals surface area (Å²) in [5.41, 5.74) is 5.31. The highest BCUT2D eigenvalue weighted by molar-refractivity contribution is 6.48. The molecule has 4 N–H and O–H groups in total. The Balaban J connectivity index is 1.23. The molecule has 0 saturated carbocycles. The van der Waals surface area contributed by atoms with E-state index < -0.39 is 42.3 Å². The Hall–Kier alpha value is -4.67. The number of rotatable bonds is 11. The van der Waals surface area contributed by atoms with E-state index in [-0.39, 0.29) is 18.2 Å². The molecule has 3 atom stereocenters. The highest BCUT2D eigenvalue weighted by Gasteiger charge is 2.54. The standard InChI is InChI=1S/C39H45BN4O5/c1-24-29-17-11-10-16-27(29)21-31(24)36(46)42-25(2)35(45)43-33(22-28-23-41-32-19-13-12-18-30(28)32)37(47)44-34(20-26-14-8-7-9-15-26)40-48-38(3,4)39(5,6)49-40/h7-19,23,25,33-34,41H,20-22H2,1-6H3,(H,42,46)(H,43,45)(H,44,47). The lowest BCUT2D eigenvalue weighted by Crippen LogP contribution is -2.58. The van der Waals surface area contributed by atoms with E-state index in [2.05, 4.69) is 20.9 Å². The van der Waals surface area contributed by atoms with Gasteiger partial charge in [0.1, 0.15) is 12.1 Å². The number of allylic oxidation sites excluding steroid dienone is 1. The third-order valence-corrected chi connectivity index (χ3v) is 10.2. The van der Waals surface area contributed by atoms with Crippen LogP contribution < -0.4 is 16.0 Å². The number of nitrogens with one attached hydrogen (secondary N) is 4. The maximum atomic E-state index is 14.3. The summed E-state index contributed by atoms with van der Waals surface area (Å²) >= 11 is 0. The zero-order valence-electron chi connectivity index (χ0n) is 29.1. The van der Waals surface area contributed by atoms with Gasteiger partial charge in [-0.2, -0.15) is 0 Å². The van der Waals surface area contributed by atoms with Crippen LogP contribution in [-0.2, 0) is 43.0 Å². The number of amides is 3. The van der Waals surface area contributed by atoms with Gasteiger partial charge < -0.3 is 30.2 Å². The monoisotopic (exact) mass is 660 g/mol. The van der Waals surface area contributed by atoms with Crippen molar-refractivity contribution in [1.29, 1.82) is 0 Å². The van der Waals surface area contributed by atoms with Crippen LogP contribution in [0.15, 0.2) is 90.6 Å². The Bertz CT molecular complexity index is 1880. The van der Waals surface area contributed by atoms with Gasteiger partial charge >= 0.3 is 7.12 Å². The van der Waals surface area contributed by atoms with E-state index in [1.54, 1.807) is 6.92 Å². The van der Waals surface area contributed by atoms with Crippen LogP contribution in [-0.4, -0.2) is 59.1 Å². The fourth-order valence-corrected chi connectivity index (χ4v) is 6.57. The Morgan fingerprint density at radius 1 is 0.816 bits per heavy atom. The number of aromatic amines is 1. The summed E-state index contributed by atoms with van der Waals surface area (Å²) in [7, 11) is -0.719. The van der Waals surface area contributed by atoms with Crippen molar-refractivity contribution < 1.29 is 23.7 Å². The number of benzene rings is 3. The quantitative estimate of drug-likeness (QED) is 0.167. The Kier molecular flexibility index (Phi) is 9.55. The van der Waals surface area contributed by atoms with Gasteiger partial charge in [-0.05, 0) is 81.9 Å². The lowest BCUT2D eigenvalue weighted by Gasteiger charge is -2.32. The number of hydrogen-bond acceptors (Lipinski definition) is 5. The molecule has 0 radical (unpaired) electrons. The van der Waals surface area contributed by atoms with Crippen LogP contribution in [0.1, 0.15) is 63.8 Å². The highest BCUT2D eigenvalue weighted by Crippen LogP contribution is 2.38. The molecule has 3 aromatic carbocycles. The molecule has 4 aromatic rings. The third kappa shape index (κ3) is 7.21. The number of fused-ring (bicyclic) bond motifs is 2. The zero-order chi connectivity index (χ0) is 34.9. The van der Waals surface area contributed by atoms with Gasteiger partial charge in [0.2, 0.25) is 17.7 Å². The van der Waals surface area contributed by atoms with Crippen molar-refractivity contribution in [1.82, 2.24) is 20.9 Å². The molecule has 6 rings (SSSR count). The van der Waals surface area contributed by atoms with E-state index >= 15 is 0 Å². The Labute approximate surface area is 288 Å². The van der Waals surface area contributed by atoms with E-state index in [1.165, 1.54) is 0 Å². The van der Waals surface area contributed by atoms with E-state index in [1.807, 2.05) is 120 Å². The van der Waals surface area contributed by atoms with Gasteiger partial charge in [-0.1, -0.05) is 72.8 Å². The SMILES string of the molecule is CC1=C(C(=O)NC(C)C(=O)NC(Cc2c[nH]c3ccccc23)C(=O)NC(Cc2ccccc2)B2OC(C)(C)C(C)(C)O2)Cc2ccccc21. The number of aromatic nitrogens is 1. The van der Waals surface area contributed by atoms with Gasteiger partial charge in [-0.3, -0.25) is 14.4 Å². The summed E-state index contributed by atoms with van der Waals surface area (Å²) in [6, 6.07) is 23.8. The molecule has 254 valence electrons. The molecule has 1 aliphatic heterocycles. The minimum Gasteiger partial charge on any atom is -0.402 e. The smallest absolute Gasteiger partial charge is 0.402 e. The molecule has 1 saturated heterocycles. The largest absolute Gasteiger partial charge is 0.482 e. The van der Waals surface area contributed by atoms with Crippen molar-refractivity contribution >= 4 is 41.3 Å². The number of hydrogen-bond donors (Lipinski definition) is 4. The van der Waals surface area contributed by atoms with E-state index in [4.69, 9.17) is 9.31 Å². The summed E-state index contributed by atoms with van der Waals surface area (Å²) < 4.78 is 12.8. The average Bonchev–Trinajstić information content (AvgIpc) is 3.71. The molecule has 2 heterocycles. The van der Waals surface area contributed by atoms with E-state index in [0.717, 1.165) is 38.7 Å². The molecule has 1 aromatic heterocycles. The molecule has 3 unspecified atom stereocenters. The first-order valence-corrected chi connectivity index (χ1v) is 17.0.